The second kappa shape index (κ2) is 4.35. The molecule has 2 heterocycles. The first kappa shape index (κ1) is 10.7. The average molecular weight is 247 g/mol. The first-order valence-electron chi connectivity index (χ1n) is 4.45. The molecule has 0 N–H and O–H groups in total. The van der Waals surface area contributed by atoms with Gasteiger partial charge in [-0.25, -0.2) is 10.0 Å². The van der Waals surface area contributed by atoms with E-state index in [0.717, 1.165) is 6.42 Å². The minimum Gasteiger partial charge on any atom is -0.271 e. The van der Waals surface area contributed by atoms with Crippen LogP contribution in [0.4, 0.5) is 0 Å². The van der Waals surface area contributed by atoms with E-state index >= 15 is 0 Å². The summed E-state index contributed by atoms with van der Waals surface area (Å²) in [5.74, 6) is -0.276. The third kappa shape index (κ3) is 2.22. The van der Waals surface area contributed by atoms with E-state index in [-0.39, 0.29) is 16.2 Å². The van der Waals surface area contributed by atoms with Crippen molar-refractivity contribution in [1.82, 2.24) is 10.0 Å². The van der Waals surface area contributed by atoms with E-state index in [1.165, 1.54) is 11.1 Å². The molecule has 0 radical (unpaired) electrons. The van der Waals surface area contributed by atoms with Gasteiger partial charge in [-0.05, 0) is 18.6 Å². The van der Waals surface area contributed by atoms with Crippen molar-refractivity contribution in [1.29, 1.82) is 0 Å². The lowest BCUT2D eigenvalue weighted by Gasteiger charge is -2.14. The Hall–Kier alpha value is -0.840. The highest BCUT2D eigenvalue weighted by atomic mass is 35.5. The summed E-state index contributed by atoms with van der Waals surface area (Å²) < 4.78 is 0. The summed E-state index contributed by atoms with van der Waals surface area (Å²) >= 11 is 11.4. The molecule has 1 saturated heterocycles. The molecule has 0 atom stereocenters. The SMILES string of the molecule is O=C(c1ccc(Cl)nc1Cl)N1CCCO1. The van der Waals surface area contributed by atoms with Gasteiger partial charge in [0, 0.05) is 0 Å². The molecule has 80 valence electrons. The molecule has 1 fully saturated rings. The maximum atomic E-state index is 11.8. The van der Waals surface area contributed by atoms with E-state index in [2.05, 4.69) is 4.98 Å². The summed E-state index contributed by atoms with van der Waals surface area (Å²) in [6.07, 6.45) is 0.838. The Morgan fingerprint density at radius 1 is 1.47 bits per heavy atom. The largest absolute Gasteiger partial charge is 0.280 e. The quantitative estimate of drug-likeness (QED) is 0.714. The van der Waals surface area contributed by atoms with Gasteiger partial charge in [0.15, 0.2) is 0 Å². The summed E-state index contributed by atoms with van der Waals surface area (Å²) in [5, 5.41) is 1.65. The first-order valence-corrected chi connectivity index (χ1v) is 5.21. The van der Waals surface area contributed by atoms with Crippen molar-refractivity contribution < 1.29 is 9.63 Å². The van der Waals surface area contributed by atoms with Crippen LogP contribution < -0.4 is 0 Å². The van der Waals surface area contributed by atoms with Gasteiger partial charge < -0.3 is 0 Å². The fourth-order valence-electron chi connectivity index (χ4n) is 1.31. The summed E-state index contributed by atoms with van der Waals surface area (Å²) in [6, 6.07) is 3.07. The van der Waals surface area contributed by atoms with E-state index < -0.39 is 0 Å². The Kier molecular flexibility index (Phi) is 3.09. The van der Waals surface area contributed by atoms with E-state index in [1.54, 1.807) is 6.07 Å². The van der Waals surface area contributed by atoms with Crippen LogP contribution in [0.1, 0.15) is 16.8 Å². The summed E-state index contributed by atoms with van der Waals surface area (Å²) in [7, 11) is 0. The standard InChI is InChI=1S/C9H8Cl2N2O2/c10-7-3-2-6(8(11)12-7)9(14)13-4-1-5-15-13/h2-3H,1,4-5H2. The number of nitrogens with zero attached hydrogens (tertiary/aromatic N) is 2. The average Bonchev–Trinajstić information content (AvgIpc) is 2.69. The van der Waals surface area contributed by atoms with Crippen molar-refractivity contribution in [3.05, 3.63) is 28.0 Å². The van der Waals surface area contributed by atoms with Gasteiger partial charge in [0.2, 0.25) is 0 Å². The molecule has 1 aromatic rings. The lowest BCUT2D eigenvalue weighted by Crippen LogP contribution is -2.26. The van der Waals surface area contributed by atoms with Crippen LogP contribution in [0.3, 0.4) is 0 Å². The molecule has 0 unspecified atom stereocenters. The zero-order chi connectivity index (χ0) is 10.8. The monoisotopic (exact) mass is 246 g/mol. The number of halogens is 2. The van der Waals surface area contributed by atoms with Gasteiger partial charge in [0.1, 0.15) is 10.3 Å². The van der Waals surface area contributed by atoms with Crippen molar-refractivity contribution in [2.45, 2.75) is 6.42 Å². The highest BCUT2D eigenvalue weighted by Crippen LogP contribution is 2.19. The predicted octanol–water partition coefficient (Wildman–Crippen LogP) is 2.17. The first-order chi connectivity index (χ1) is 7.18. The summed E-state index contributed by atoms with van der Waals surface area (Å²) in [6.45, 7) is 1.14. The van der Waals surface area contributed by atoms with Crippen molar-refractivity contribution in [2.24, 2.45) is 0 Å². The van der Waals surface area contributed by atoms with Crippen molar-refractivity contribution in [3.63, 3.8) is 0 Å². The molecule has 0 spiro atoms. The lowest BCUT2D eigenvalue weighted by molar-refractivity contribution is -0.0768. The normalized spacial score (nSPS) is 15.7. The lowest BCUT2D eigenvalue weighted by atomic mass is 10.2. The molecule has 1 aliphatic rings. The highest BCUT2D eigenvalue weighted by Gasteiger charge is 2.23. The Labute approximate surface area is 96.7 Å². The number of hydrogen-bond donors (Lipinski definition) is 0. The van der Waals surface area contributed by atoms with Crippen LogP contribution in [0.15, 0.2) is 12.1 Å². The van der Waals surface area contributed by atoms with Crippen LogP contribution in [-0.4, -0.2) is 29.1 Å². The summed E-state index contributed by atoms with van der Waals surface area (Å²) in [5.41, 5.74) is 0.308. The van der Waals surface area contributed by atoms with E-state index in [4.69, 9.17) is 28.0 Å². The molecule has 0 saturated carbocycles. The number of carbonyl (C=O) groups is 1. The van der Waals surface area contributed by atoms with Gasteiger partial charge in [-0.15, -0.1) is 0 Å². The molecule has 1 amide bonds. The van der Waals surface area contributed by atoms with Gasteiger partial charge in [-0.1, -0.05) is 23.2 Å². The molecule has 4 nitrogen and oxygen atoms in total. The van der Waals surface area contributed by atoms with Crippen LogP contribution in [0.25, 0.3) is 0 Å². The third-order valence-electron chi connectivity index (χ3n) is 2.02. The molecule has 6 heteroatoms. The van der Waals surface area contributed by atoms with Gasteiger partial charge in [0.05, 0.1) is 18.7 Å². The van der Waals surface area contributed by atoms with E-state index in [0.29, 0.717) is 18.7 Å². The van der Waals surface area contributed by atoms with Crippen molar-refractivity contribution in [2.75, 3.05) is 13.2 Å². The van der Waals surface area contributed by atoms with Crippen molar-refractivity contribution in [3.8, 4) is 0 Å². The molecule has 0 bridgehead atoms. The number of hydrogen-bond acceptors (Lipinski definition) is 3. The number of aromatic nitrogens is 1. The Bertz CT molecular complexity index is 392. The molecular weight excluding hydrogens is 239 g/mol. The highest BCUT2D eigenvalue weighted by molar-refractivity contribution is 6.34. The van der Waals surface area contributed by atoms with Crippen LogP contribution in [0.2, 0.25) is 10.3 Å². The maximum absolute atomic E-state index is 11.8. The number of hydroxylamine groups is 2. The number of carbonyl (C=O) groups excluding carboxylic acids is 1. The number of pyridine rings is 1. The second-order valence-corrected chi connectivity index (χ2v) is 3.81. The van der Waals surface area contributed by atoms with Gasteiger partial charge in [0.25, 0.3) is 5.91 Å². The van der Waals surface area contributed by atoms with Gasteiger partial charge in [-0.2, -0.15) is 0 Å². The maximum Gasteiger partial charge on any atom is 0.280 e. The molecule has 15 heavy (non-hydrogen) atoms. The van der Waals surface area contributed by atoms with Crippen LogP contribution in [0.5, 0.6) is 0 Å². The van der Waals surface area contributed by atoms with Crippen LogP contribution in [0, 0.1) is 0 Å². The smallest absolute Gasteiger partial charge is 0.271 e. The Morgan fingerprint density at radius 3 is 2.87 bits per heavy atom. The second-order valence-electron chi connectivity index (χ2n) is 3.07. The van der Waals surface area contributed by atoms with Crippen LogP contribution >= 0.6 is 23.2 Å². The Morgan fingerprint density at radius 2 is 2.27 bits per heavy atom. The fourth-order valence-corrected chi connectivity index (χ4v) is 1.74. The zero-order valence-electron chi connectivity index (χ0n) is 7.74. The molecular formula is C9H8Cl2N2O2. The number of rotatable bonds is 1. The topological polar surface area (TPSA) is 42.4 Å². The number of amides is 1. The molecule has 1 aromatic heterocycles. The third-order valence-corrected chi connectivity index (χ3v) is 2.52. The van der Waals surface area contributed by atoms with Crippen molar-refractivity contribution >= 4 is 29.1 Å². The van der Waals surface area contributed by atoms with E-state index in [9.17, 15) is 4.79 Å². The molecule has 0 aliphatic carbocycles. The van der Waals surface area contributed by atoms with E-state index in [1.807, 2.05) is 0 Å². The molecule has 0 aromatic carbocycles. The zero-order valence-corrected chi connectivity index (χ0v) is 9.25. The van der Waals surface area contributed by atoms with Crippen LogP contribution in [-0.2, 0) is 4.84 Å². The fraction of sp³-hybridized carbons (Fsp3) is 0.333. The van der Waals surface area contributed by atoms with Gasteiger partial charge >= 0.3 is 0 Å². The molecule has 2 rings (SSSR count). The summed E-state index contributed by atoms with van der Waals surface area (Å²) in [4.78, 5) is 20.7. The predicted molar refractivity (Wildman–Crippen MR) is 55.9 cm³/mol. The minimum atomic E-state index is -0.276. The van der Waals surface area contributed by atoms with Gasteiger partial charge in [-0.3, -0.25) is 9.63 Å². The minimum absolute atomic E-state index is 0.100. The Balaban J connectivity index is 2.24. The molecule has 1 aliphatic heterocycles.